The van der Waals surface area contributed by atoms with Crippen molar-refractivity contribution in [3.05, 3.63) is 27.7 Å². The molecule has 0 aliphatic carbocycles. The number of thiophene rings is 1. The molecule has 0 unspecified atom stereocenters. The summed E-state index contributed by atoms with van der Waals surface area (Å²) in [6, 6.07) is 3.74. The Morgan fingerprint density at radius 3 is 2.77 bits per heavy atom. The quantitative estimate of drug-likeness (QED) is 0.626. The molecule has 7 heteroatoms. The van der Waals surface area contributed by atoms with Crippen LogP contribution >= 0.6 is 34.5 Å². The van der Waals surface area contributed by atoms with E-state index in [0.717, 1.165) is 35.2 Å². The van der Waals surface area contributed by atoms with Crippen LogP contribution in [0.3, 0.4) is 0 Å². The van der Waals surface area contributed by atoms with E-state index in [1.54, 1.807) is 10.8 Å². The van der Waals surface area contributed by atoms with Gasteiger partial charge in [-0.05, 0) is 18.6 Å². The lowest BCUT2D eigenvalue weighted by atomic mass is 10.2. The van der Waals surface area contributed by atoms with E-state index in [-0.39, 0.29) is 6.01 Å². The molecule has 0 atom stereocenters. The second-order valence-corrected chi connectivity index (χ2v) is 7.15. The van der Waals surface area contributed by atoms with Crippen molar-refractivity contribution in [3.8, 4) is 16.5 Å². The van der Waals surface area contributed by atoms with Gasteiger partial charge >= 0.3 is 0 Å². The summed E-state index contributed by atoms with van der Waals surface area (Å²) in [6.07, 6.45) is 4.73. The Kier molecular flexibility index (Phi) is 4.57. The van der Waals surface area contributed by atoms with Crippen molar-refractivity contribution in [1.82, 2.24) is 14.5 Å². The van der Waals surface area contributed by atoms with Gasteiger partial charge in [-0.25, -0.2) is 4.98 Å². The van der Waals surface area contributed by atoms with Crippen molar-refractivity contribution in [1.29, 1.82) is 0 Å². The number of aromatic hydroxyl groups is 1. The molecule has 0 bridgehead atoms. The van der Waals surface area contributed by atoms with Crippen molar-refractivity contribution in [2.45, 2.75) is 32.7 Å². The summed E-state index contributed by atoms with van der Waals surface area (Å²) in [5, 5.41) is 10.7. The molecule has 3 aromatic rings. The van der Waals surface area contributed by atoms with Crippen LogP contribution in [0.4, 0.5) is 0 Å². The van der Waals surface area contributed by atoms with Crippen LogP contribution in [0.1, 0.15) is 26.2 Å². The number of unbranched alkanes of at least 4 members (excludes halogenated alkanes) is 2. The lowest BCUT2D eigenvalue weighted by Gasteiger charge is -2.09. The third-order valence-corrected chi connectivity index (χ3v) is 5.04. The zero-order valence-corrected chi connectivity index (χ0v) is 14.3. The Morgan fingerprint density at radius 1 is 1.27 bits per heavy atom. The summed E-state index contributed by atoms with van der Waals surface area (Å²) >= 11 is 13.9. The van der Waals surface area contributed by atoms with Crippen molar-refractivity contribution in [3.63, 3.8) is 0 Å². The van der Waals surface area contributed by atoms with Crippen LogP contribution in [0.25, 0.3) is 21.6 Å². The molecule has 0 aromatic carbocycles. The number of hydrogen-bond acceptors (Lipinski definition) is 4. The Bertz CT molecular complexity index is 813. The van der Waals surface area contributed by atoms with Gasteiger partial charge < -0.3 is 5.11 Å². The van der Waals surface area contributed by atoms with Gasteiger partial charge in [0.25, 0.3) is 6.01 Å². The van der Waals surface area contributed by atoms with E-state index in [9.17, 15) is 5.11 Å². The minimum absolute atomic E-state index is 0.0234. The molecule has 0 fully saturated rings. The van der Waals surface area contributed by atoms with Crippen molar-refractivity contribution in [2.75, 3.05) is 0 Å². The van der Waals surface area contributed by atoms with Gasteiger partial charge in [0.15, 0.2) is 5.65 Å². The molecule has 0 saturated carbocycles. The Labute approximate surface area is 142 Å². The molecular weight excluding hydrogens is 341 g/mol. The van der Waals surface area contributed by atoms with Crippen LogP contribution in [0, 0.1) is 0 Å². The average molecular weight is 356 g/mol. The Hall–Kier alpha value is -1.30. The van der Waals surface area contributed by atoms with Crippen molar-refractivity contribution >= 4 is 45.7 Å². The number of aromatic nitrogens is 3. The van der Waals surface area contributed by atoms with Crippen LogP contribution in [0.5, 0.6) is 6.01 Å². The van der Waals surface area contributed by atoms with Crippen LogP contribution < -0.4 is 0 Å². The van der Waals surface area contributed by atoms with E-state index in [4.69, 9.17) is 23.2 Å². The summed E-state index contributed by atoms with van der Waals surface area (Å²) in [6.45, 7) is 2.83. The molecule has 0 radical (unpaired) electrons. The lowest BCUT2D eigenvalue weighted by Crippen LogP contribution is -1.99. The number of pyridine rings is 1. The first-order chi connectivity index (χ1) is 10.6. The Balaban J connectivity index is 2.19. The van der Waals surface area contributed by atoms with E-state index in [0.29, 0.717) is 21.6 Å². The van der Waals surface area contributed by atoms with Crippen molar-refractivity contribution in [2.24, 2.45) is 0 Å². The fraction of sp³-hybridized carbons (Fsp3) is 0.333. The predicted molar refractivity (Wildman–Crippen MR) is 92.1 cm³/mol. The van der Waals surface area contributed by atoms with Crippen LogP contribution in [-0.4, -0.2) is 19.6 Å². The molecule has 116 valence electrons. The highest BCUT2D eigenvalue weighted by Crippen LogP contribution is 2.40. The van der Waals surface area contributed by atoms with Gasteiger partial charge in [0.05, 0.1) is 9.36 Å². The highest BCUT2D eigenvalue weighted by molar-refractivity contribution is 7.19. The monoisotopic (exact) mass is 355 g/mol. The van der Waals surface area contributed by atoms with Gasteiger partial charge in [0, 0.05) is 23.2 Å². The molecule has 0 amide bonds. The molecule has 3 aromatic heterocycles. The van der Waals surface area contributed by atoms with Crippen LogP contribution in [0.2, 0.25) is 9.36 Å². The van der Waals surface area contributed by atoms with E-state index in [2.05, 4.69) is 16.9 Å². The van der Waals surface area contributed by atoms with Gasteiger partial charge in [-0.1, -0.05) is 43.0 Å². The molecule has 0 aliphatic heterocycles. The molecule has 1 N–H and O–H groups in total. The first-order valence-electron chi connectivity index (χ1n) is 7.11. The second-order valence-electron chi connectivity index (χ2n) is 5.03. The zero-order valence-electron chi connectivity index (χ0n) is 12.0. The third-order valence-electron chi connectivity index (χ3n) is 3.51. The van der Waals surface area contributed by atoms with Crippen molar-refractivity contribution < 1.29 is 5.11 Å². The summed E-state index contributed by atoms with van der Waals surface area (Å²) < 4.78 is 2.48. The van der Waals surface area contributed by atoms with Gasteiger partial charge in [0.1, 0.15) is 5.52 Å². The molecule has 3 rings (SSSR count). The molecule has 4 nitrogen and oxygen atoms in total. The zero-order chi connectivity index (χ0) is 15.7. The second kappa shape index (κ2) is 6.44. The van der Waals surface area contributed by atoms with Gasteiger partial charge in [0.2, 0.25) is 0 Å². The number of rotatable bonds is 5. The van der Waals surface area contributed by atoms with Gasteiger partial charge in [-0.15, -0.1) is 11.3 Å². The number of aryl methyl sites for hydroxylation is 1. The molecule has 0 aliphatic rings. The largest absolute Gasteiger partial charge is 0.480 e. The van der Waals surface area contributed by atoms with Gasteiger partial charge in [-0.2, -0.15) is 4.98 Å². The first kappa shape index (κ1) is 15.6. The van der Waals surface area contributed by atoms with E-state index in [1.807, 2.05) is 12.1 Å². The maximum absolute atomic E-state index is 10.1. The fourth-order valence-corrected chi connectivity index (χ4v) is 3.88. The molecular formula is C15H15Cl2N3OS. The highest BCUT2D eigenvalue weighted by Gasteiger charge is 2.19. The maximum atomic E-state index is 10.1. The SMILES string of the molecule is CCCCCn1c(O)nc2ncc(Cl)c(-c3ccc(Cl)s3)c21. The summed E-state index contributed by atoms with van der Waals surface area (Å²) in [5.41, 5.74) is 2.09. The number of nitrogens with zero attached hydrogens (tertiary/aromatic N) is 3. The molecule has 3 heterocycles. The molecule has 0 spiro atoms. The lowest BCUT2D eigenvalue weighted by molar-refractivity contribution is 0.397. The van der Waals surface area contributed by atoms with Crippen LogP contribution in [0.15, 0.2) is 18.3 Å². The number of halogens is 2. The van der Waals surface area contributed by atoms with E-state index in [1.165, 1.54) is 11.3 Å². The van der Waals surface area contributed by atoms with E-state index < -0.39 is 0 Å². The number of imidazole rings is 1. The predicted octanol–water partition coefficient (Wildman–Crippen LogP) is 5.36. The minimum atomic E-state index is -0.0234. The minimum Gasteiger partial charge on any atom is -0.480 e. The topological polar surface area (TPSA) is 50.9 Å². The van der Waals surface area contributed by atoms with Crippen LogP contribution in [-0.2, 0) is 6.54 Å². The summed E-state index contributed by atoms with van der Waals surface area (Å²) in [5.74, 6) is 0. The van der Waals surface area contributed by atoms with Gasteiger partial charge in [-0.3, -0.25) is 4.57 Å². The Morgan fingerprint density at radius 2 is 2.09 bits per heavy atom. The highest BCUT2D eigenvalue weighted by atomic mass is 35.5. The standard InChI is InChI=1S/C15H15Cl2N3OS/c1-2-3-4-7-20-13-12(10-5-6-11(17)22-10)9(16)8-18-14(13)19-15(20)21/h5-6,8H,2-4,7H2,1H3,(H,18,19,21). The summed E-state index contributed by atoms with van der Waals surface area (Å²) in [7, 11) is 0. The molecule has 0 saturated heterocycles. The summed E-state index contributed by atoms with van der Waals surface area (Å²) in [4.78, 5) is 9.32. The smallest absolute Gasteiger partial charge is 0.296 e. The third kappa shape index (κ3) is 2.81. The average Bonchev–Trinajstić information content (AvgIpc) is 3.04. The fourth-order valence-electron chi connectivity index (χ4n) is 2.48. The normalized spacial score (nSPS) is 11.4. The van der Waals surface area contributed by atoms with E-state index >= 15 is 0 Å². The first-order valence-corrected chi connectivity index (χ1v) is 8.68. The maximum Gasteiger partial charge on any atom is 0.296 e. The molecule has 22 heavy (non-hydrogen) atoms. The number of hydrogen-bond donors (Lipinski definition) is 1. The number of fused-ring (bicyclic) bond motifs is 1.